The van der Waals surface area contributed by atoms with Crippen molar-refractivity contribution in [2.75, 3.05) is 0 Å². The zero-order valence-corrected chi connectivity index (χ0v) is 14.1. The highest BCUT2D eigenvalue weighted by molar-refractivity contribution is 7.91. The van der Waals surface area contributed by atoms with Gasteiger partial charge in [-0.15, -0.1) is 0 Å². The van der Waals surface area contributed by atoms with E-state index in [2.05, 4.69) is 0 Å². The van der Waals surface area contributed by atoms with Crippen molar-refractivity contribution in [1.82, 2.24) is 0 Å². The number of sulfone groups is 1. The lowest BCUT2D eigenvalue weighted by molar-refractivity contribution is 0.0996. The topological polar surface area (TPSA) is 64.3 Å². The maximum absolute atomic E-state index is 12.5. The first-order valence-corrected chi connectivity index (χ1v) is 9.19. The zero-order chi connectivity index (χ0) is 17.7. The molecule has 0 bridgehead atoms. The van der Waals surface area contributed by atoms with Crippen LogP contribution in [-0.4, -0.2) is 14.2 Å². The summed E-state index contributed by atoms with van der Waals surface area (Å²) in [4.78, 5) is 12.6. The molecule has 0 amide bonds. The van der Waals surface area contributed by atoms with Gasteiger partial charge in [-0.1, -0.05) is 36.4 Å². The Kier molecular flexibility index (Phi) is 4.95. The average molecular weight is 352 g/mol. The first-order chi connectivity index (χ1) is 12.1. The minimum absolute atomic E-state index is 0.0912. The van der Waals surface area contributed by atoms with E-state index in [1.165, 1.54) is 12.1 Å². The minimum atomic E-state index is -3.57. The highest BCUT2D eigenvalue weighted by Gasteiger charge is 2.17. The number of allylic oxidation sites excluding steroid dienone is 1. The lowest BCUT2D eigenvalue weighted by Gasteiger charge is -2.05. The van der Waals surface area contributed by atoms with Crippen LogP contribution in [0.3, 0.4) is 0 Å². The number of benzene rings is 2. The standard InChI is InChI=1S/C20H16O4S/c21-20(10-4-6-17-7-5-15-24-17)16-11-13-19(14-12-16)25(22,23)18-8-2-1-3-9-18/h1-9,11-15H,10H2/b6-4+. The summed E-state index contributed by atoms with van der Waals surface area (Å²) < 4.78 is 30.2. The molecule has 0 aliphatic rings. The molecule has 126 valence electrons. The highest BCUT2D eigenvalue weighted by Crippen LogP contribution is 2.21. The van der Waals surface area contributed by atoms with Gasteiger partial charge in [0, 0.05) is 12.0 Å². The lowest BCUT2D eigenvalue weighted by atomic mass is 10.1. The summed E-state index contributed by atoms with van der Waals surface area (Å²) in [6, 6.07) is 17.8. The van der Waals surface area contributed by atoms with Crippen molar-refractivity contribution in [3.63, 3.8) is 0 Å². The van der Waals surface area contributed by atoms with Crippen molar-refractivity contribution < 1.29 is 17.6 Å². The number of hydrogen-bond acceptors (Lipinski definition) is 4. The maximum Gasteiger partial charge on any atom is 0.206 e. The van der Waals surface area contributed by atoms with E-state index in [9.17, 15) is 13.2 Å². The molecule has 0 aliphatic carbocycles. The van der Waals surface area contributed by atoms with E-state index in [0.717, 1.165) is 0 Å². The largest absolute Gasteiger partial charge is 0.465 e. The fraction of sp³-hybridized carbons (Fsp3) is 0.0500. The first kappa shape index (κ1) is 16.9. The Hall–Kier alpha value is -2.92. The SMILES string of the molecule is O=C(C/C=C/c1ccco1)c1ccc(S(=O)(=O)c2ccccc2)cc1. The minimum Gasteiger partial charge on any atom is -0.465 e. The molecule has 0 spiro atoms. The monoisotopic (exact) mass is 352 g/mol. The molecule has 0 radical (unpaired) electrons. The summed E-state index contributed by atoms with van der Waals surface area (Å²) >= 11 is 0. The number of ketones is 1. The van der Waals surface area contributed by atoms with Gasteiger partial charge in [0.05, 0.1) is 16.1 Å². The third-order valence-electron chi connectivity index (χ3n) is 3.67. The third-order valence-corrected chi connectivity index (χ3v) is 5.45. The second kappa shape index (κ2) is 7.32. The Morgan fingerprint density at radius 2 is 1.56 bits per heavy atom. The Morgan fingerprint density at radius 3 is 2.20 bits per heavy atom. The quantitative estimate of drug-likeness (QED) is 0.617. The molecule has 1 heterocycles. The second-order valence-corrected chi connectivity index (χ2v) is 7.34. The molecule has 2 aromatic carbocycles. The molecule has 25 heavy (non-hydrogen) atoms. The average Bonchev–Trinajstić information content (AvgIpc) is 3.16. The van der Waals surface area contributed by atoms with Gasteiger partial charge in [-0.3, -0.25) is 4.79 Å². The van der Waals surface area contributed by atoms with Crippen LogP contribution in [0, 0.1) is 0 Å². The van der Waals surface area contributed by atoms with Crippen LogP contribution >= 0.6 is 0 Å². The fourth-order valence-electron chi connectivity index (χ4n) is 2.34. The van der Waals surface area contributed by atoms with Gasteiger partial charge in [-0.2, -0.15) is 0 Å². The normalized spacial score (nSPS) is 11.7. The highest BCUT2D eigenvalue weighted by atomic mass is 32.2. The number of furan rings is 1. The van der Waals surface area contributed by atoms with Gasteiger partial charge < -0.3 is 4.42 Å². The molecule has 0 saturated carbocycles. The van der Waals surface area contributed by atoms with E-state index in [4.69, 9.17) is 4.42 Å². The van der Waals surface area contributed by atoms with Crippen LogP contribution in [0.5, 0.6) is 0 Å². The first-order valence-electron chi connectivity index (χ1n) is 7.71. The Labute approximate surface area is 146 Å². The van der Waals surface area contributed by atoms with Crippen LogP contribution in [0.2, 0.25) is 0 Å². The molecule has 3 aromatic rings. The Balaban J connectivity index is 1.73. The van der Waals surface area contributed by atoms with Gasteiger partial charge >= 0.3 is 0 Å². The molecule has 0 N–H and O–H groups in total. The van der Waals surface area contributed by atoms with Crippen molar-refractivity contribution in [1.29, 1.82) is 0 Å². The van der Waals surface area contributed by atoms with E-state index in [0.29, 0.717) is 11.3 Å². The van der Waals surface area contributed by atoms with Gasteiger partial charge in [0.15, 0.2) is 5.78 Å². The van der Waals surface area contributed by atoms with Gasteiger partial charge in [-0.05, 0) is 42.5 Å². The molecule has 0 fully saturated rings. The Bertz CT molecular complexity index is 968. The molecule has 5 heteroatoms. The third kappa shape index (κ3) is 3.95. The summed E-state index contributed by atoms with van der Waals surface area (Å²) in [6.45, 7) is 0. The van der Waals surface area contributed by atoms with Crippen LogP contribution in [0.1, 0.15) is 22.5 Å². The van der Waals surface area contributed by atoms with Gasteiger partial charge in [-0.25, -0.2) is 8.42 Å². The molecule has 1 aromatic heterocycles. The summed E-state index contributed by atoms with van der Waals surface area (Å²) in [5.74, 6) is 0.587. The summed E-state index contributed by atoms with van der Waals surface area (Å²) in [6.07, 6.45) is 5.22. The van der Waals surface area contributed by atoms with Crippen LogP contribution in [-0.2, 0) is 9.84 Å². The summed E-state index contributed by atoms with van der Waals surface area (Å²) in [5.41, 5.74) is 0.469. The van der Waals surface area contributed by atoms with Gasteiger partial charge in [0.1, 0.15) is 5.76 Å². The second-order valence-electron chi connectivity index (χ2n) is 5.39. The molecular formula is C20H16O4S. The lowest BCUT2D eigenvalue weighted by Crippen LogP contribution is -2.03. The Morgan fingerprint density at radius 1 is 0.880 bits per heavy atom. The molecular weight excluding hydrogens is 336 g/mol. The fourth-order valence-corrected chi connectivity index (χ4v) is 3.62. The molecule has 0 atom stereocenters. The van der Waals surface area contributed by atoms with E-state index in [1.54, 1.807) is 73.0 Å². The molecule has 0 saturated heterocycles. The smallest absolute Gasteiger partial charge is 0.206 e. The van der Waals surface area contributed by atoms with Crippen molar-refractivity contribution in [3.8, 4) is 0 Å². The van der Waals surface area contributed by atoms with Crippen molar-refractivity contribution in [2.24, 2.45) is 0 Å². The molecule has 0 unspecified atom stereocenters. The predicted octanol–water partition coefficient (Wildman–Crippen LogP) is 4.40. The molecule has 0 aliphatic heterocycles. The van der Waals surface area contributed by atoms with E-state index < -0.39 is 9.84 Å². The van der Waals surface area contributed by atoms with Gasteiger partial charge in [0.2, 0.25) is 9.84 Å². The van der Waals surface area contributed by atoms with E-state index in [-0.39, 0.29) is 22.0 Å². The van der Waals surface area contributed by atoms with Crippen LogP contribution in [0.4, 0.5) is 0 Å². The van der Waals surface area contributed by atoms with E-state index >= 15 is 0 Å². The van der Waals surface area contributed by atoms with Crippen molar-refractivity contribution in [3.05, 3.63) is 90.4 Å². The predicted molar refractivity (Wildman–Crippen MR) is 95.0 cm³/mol. The van der Waals surface area contributed by atoms with Gasteiger partial charge in [0.25, 0.3) is 0 Å². The van der Waals surface area contributed by atoms with Crippen molar-refractivity contribution >= 4 is 21.7 Å². The summed E-state index contributed by atoms with van der Waals surface area (Å²) in [5, 5.41) is 0. The van der Waals surface area contributed by atoms with Crippen LogP contribution < -0.4 is 0 Å². The number of carbonyl (C=O) groups is 1. The molecule has 4 nitrogen and oxygen atoms in total. The number of Topliss-reactive ketones (excluding diaryl/α,β-unsaturated/α-hetero) is 1. The number of carbonyl (C=O) groups excluding carboxylic acids is 1. The summed E-state index contributed by atoms with van der Waals surface area (Å²) in [7, 11) is -3.57. The number of rotatable bonds is 6. The zero-order valence-electron chi connectivity index (χ0n) is 13.3. The van der Waals surface area contributed by atoms with Crippen LogP contribution in [0.15, 0.2) is 93.3 Å². The maximum atomic E-state index is 12.5. The number of hydrogen-bond donors (Lipinski definition) is 0. The van der Waals surface area contributed by atoms with Crippen molar-refractivity contribution in [2.45, 2.75) is 16.2 Å². The molecule has 3 rings (SSSR count). The van der Waals surface area contributed by atoms with Crippen LogP contribution in [0.25, 0.3) is 6.08 Å². The van der Waals surface area contributed by atoms with E-state index in [1.807, 2.05) is 0 Å².